The first-order chi connectivity index (χ1) is 9.56. The highest BCUT2D eigenvalue weighted by Crippen LogP contribution is 2.12. The van der Waals surface area contributed by atoms with Crippen molar-refractivity contribution in [2.24, 2.45) is 7.05 Å². The number of carbonyl (C=O) groups is 1. The summed E-state index contributed by atoms with van der Waals surface area (Å²) in [5.74, 6) is 0. The van der Waals surface area contributed by atoms with Crippen LogP contribution in [0.4, 0.5) is 10.5 Å². The van der Waals surface area contributed by atoms with Gasteiger partial charge in [-0.05, 0) is 27.6 Å². The Bertz CT molecular complexity index is 642. The summed E-state index contributed by atoms with van der Waals surface area (Å²) in [5, 5.41) is 2.57. The molecular weight excluding hydrogens is 324 g/mol. The Balaban J connectivity index is 1.97. The summed E-state index contributed by atoms with van der Waals surface area (Å²) in [6, 6.07) is 10.9. The van der Waals surface area contributed by atoms with Crippen LogP contribution in [0.25, 0.3) is 0 Å². The first-order valence-corrected chi connectivity index (χ1v) is 6.69. The summed E-state index contributed by atoms with van der Waals surface area (Å²) in [5.41, 5.74) is 1.22. The molecule has 1 aromatic carbocycles. The molecule has 0 aliphatic rings. The number of nitrogens with zero attached hydrogens (tertiary/aromatic N) is 1. The van der Waals surface area contributed by atoms with E-state index in [1.54, 1.807) is 7.05 Å². The molecule has 0 aliphatic carbocycles. The Morgan fingerprint density at radius 2 is 2.05 bits per heavy atom. The minimum atomic E-state index is -0.570. The number of halogens is 1. The van der Waals surface area contributed by atoms with Crippen LogP contribution in [0.15, 0.2) is 51.9 Å². The monoisotopic (exact) mass is 336 g/mol. The molecule has 0 fully saturated rings. The highest BCUT2D eigenvalue weighted by atomic mass is 79.9. The topological polar surface area (TPSA) is 60.3 Å². The van der Waals surface area contributed by atoms with Gasteiger partial charge < -0.3 is 9.30 Å². The number of aryl methyl sites for hydroxylation is 1. The lowest BCUT2D eigenvalue weighted by Crippen LogP contribution is -2.20. The van der Waals surface area contributed by atoms with Gasteiger partial charge in [-0.25, -0.2) is 4.79 Å². The van der Waals surface area contributed by atoms with Crippen LogP contribution in [-0.4, -0.2) is 10.7 Å². The number of anilines is 1. The lowest BCUT2D eigenvalue weighted by Gasteiger charge is -2.08. The van der Waals surface area contributed by atoms with Gasteiger partial charge in [-0.15, -0.1) is 0 Å². The average molecular weight is 337 g/mol. The van der Waals surface area contributed by atoms with Crippen LogP contribution in [0.1, 0.15) is 5.56 Å². The molecule has 2 rings (SSSR count). The second kappa shape index (κ2) is 6.38. The van der Waals surface area contributed by atoms with Crippen molar-refractivity contribution in [1.82, 2.24) is 4.57 Å². The van der Waals surface area contributed by atoms with E-state index in [1.165, 1.54) is 16.8 Å². The molecule has 2 aromatic rings. The second-order valence-electron chi connectivity index (χ2n) is 4.18. The first-order valence-electron chi connectivity index (χ1n) is 5.90. The van der Waals surface area contributed by atoms with Gasteiger partial charge in [-0.2, -0.15) is 0 Å². The molecule has 0 saturated carbocycles. The molecule has 1 amide bonds. The minimum absolute atomic E-state index is 0.173. The quantitative estimate of drug-likeness (QED) is 0.937. The summed E-state index contributed by atoms with van der Waals surface area (Å²) < 4.78 is 6.84. The maximum atomic E-state index is 11.7. The fourth-order valence-electron chi connectivity index (χ4n) is 1.62. The lowest BCUT2D eigenvalue weighted by molar-refractivity contribution is 0.155. The van der Waals surface area contributed by atoms with E-state index in [-0.39, 0.29) is 12.2 Å². The van der Waals surface area contributed by atoms with E-state index in [2.05, 4.69) is 21.2 Å². The highest BCUT2D eigenvalue weighted by Gasteiger charge is 2.07. The van der Waals surface area contributed by atoms with Crippen LogP contribution in [0.3, 0.4) is 0 Å². The molecule has 0 unspecified atom stereocenters. The molecule has 5 nitrogen and oxygen atoms in total. The molecule has 1 heterocycles. The third-order valence-electron chi connectivity index (χ3n) is 2.60. The summed E-state index contributed by atoms with van der Waals surface area (Å²) in [6.45, 7) is 0.194. The van der Waals surface area contributed by atoms with E-state index in [9.17, 15) is 9.59 Å². The number of aromatic nitrogens is 1. The molecular formula is C14H13BrN2O3. The zero-order chi connectivity index (χ0) is 14.5. The predicted molar refractivity (Wildman–Crippen MR) is 79.6 cm³/mol. The van der Waals surface area contributed by atoms with Crippen molar-refractivity contribution in [1.29, 1.82) is 0 Å². The number of hydrogen-bond acceptors (Lipinski definition) is 3. The summed E-state index contributed by atoms with van der Waals surface area (Å²) in [6.07, 6.45) is 0.955. The predicted octanol–water partition coefficient (Wildman–Crippen LogP) is 2.90. The van der Waals surface area contributed by atoms with Crippen LogP contribution in [0.5, 0.6) is 0 Å². The number of pyridine rings is 1. The molecule has 0 saturated heterocycles. The standard InChI is InChI=1S/C14H13BrN2O3/c1-17-8-11(7-12(15)13(17)18)16-14(19)20-9-10-5-3-2-4-6-10/h2-8H,9H2,1H3,(H,16,19). The fourth-order valence-corrected chi connectivity index (χ4v) is 2.14. The number of rotatable bonds is 3. The minimum Gasteiger partial charge on any atom is -0.444 e. The van der Waals surface area contributed by atoms with Crippen LogP contribution in [0.2, 0.25) is 0 Å². The highest BCUT2D eigenvalue weighted by molar-refractivity contribution is 9.10. The second-order valence-corrected chi connectivity index (χ2v) is 5.03. The molecule has 0 aliphatic heterocycles. The van der Waals surface area contributed by atoms with E-state index in [0.29, 0.717) is 10.2 Å². The average Bonchev–Trinajstić information content (AvgIpc) is 2.43. The van der Waals surface area contributed by atoms with Crippen LogP contribution in [0, 0.1) is 0 Å². The Morgan fingerprint density at radius 3 is 2.70 bits per heavy atom. The Labute approximate surface area is 124 Å². The fraction of sp³-hybridized carbons (Fsp3) is 0.143. The first kappa shape index (κ1) is 14.3. The zero-order valence-electron chi connectivity index (χ0n) is 10.8. The van der Waals surface area contributed by atoms with Gasteiger partial charge in [0.1, 0.15) is 6.61 Å². The number of nitrogens with one attached hydrogen (secondary N) is 1. The molecule has 0 atom stereocenters. The van der Waals surface area contributed by atoms with Gasteiger partial charge in [0.2, 0.25) is 0 Å². The normalized spacial score (nSPS) is 10.1. The van der Waals surface area contributed by atoms with Gasteiger partial charge in [0.25, 0.3) is 5.56 Å². The van der Waals surface area contributed by atoms with Gasteiger partial charge in [-0.1, -0.05) is 30.3 Å². The maximum Gasteiger partial charge on any atom is 0.412 e. The SMILES string of the molecule is Cn1cc(NC(=O)OCc2ccccc2)cc(Br)c1=O. The van der Waals surface area contributed by atoms with Crippen molar-refractivity contribution in [2.75, 3.05) is 5.32 Å². The zero-order valence-corrected chi connectivity index (χ0v) is 12.4. The van der Waals surface area contributed by atoms with Gasteiger partial charge in [0.05, 0.1) is 10.2 Å². The Kier molecular flexibility index (Phi) is 4.57. The van der Waals surface area contributed by atoms with Gasteiger partial charge in [0.15, 0.2) is 0 Å². The molecule has 1 aromatic heterocycles. The number of amides is 1. The van der Waals surface area contributed by atoms with Crippen molar-refractivity contribution >= 4 is 27.7 Å². The molecule has 6 heteroatoms. The third kappa shape index (κ3) is 3.71. The smallest absolute Gasteiger partial charge is 0.412 e. The molecule has 1 N–H and O–H groups in total. The summed E-state index contributed by atoms with van der Waals surface area (Å²) in [4.78, 5) is 23.1. The van der Waals surface area contributed by atoms with Crippen LogP contribution >= 0.6 is 15.9 Å². The molecule has 0 bridgehead atoms. The van der Waals surface area contributed by atoms with E-state index in [1.807, 2.05) is 30.3 Å². The maximum absolute atomic E-state index is 11.7. The van der Waals surface area contributed by atoms with Crippen molar-refractivity contribution in [2.45, 2.75) is 6.61 Å². The Morgan fingerprint density at radius 1 is 1.35 bits per heavy atom. The van der Waals surface area contributed by atoms with Crippen LogP contribution < -0.4 is 10.9 Å². The van der Waals surface area contributed by atoms with Crippen molar-refractivity contribution in [3.05, 3.63) is 63.0 Å². The van der Waals surface area contributed by atoms with Crippen LogP contribution in [-0.2, 0) is 18.4 Å². The van der Waals surface area contributed by atoms with Gasteiger partial charge in [-0.3, -0.25) is 10.1 Å². The number of carbonyl (C=O) groups excluding carboxylic acids is 1. The van der Waals surface area contributed by atoms with Crippen molar-refractivity contribution < 1.29 is 9.53 Å². The van der Waals surface area contributed by atoms with E-state index in [4.69, 9.17) is 4.74 Å². The summed E-state index contributed by atoms with van der Waals surface area (Å²) in [7, 11) is 1.60. The number of hydrogen-bond donors (Lipinski definition) is 1. The molecule has 0 radical (unpaired) electrons. The largest absolute Gasteiger partial charge is 0.444 e. The molecule has 104 valence electrons. The van der Waals surface area contributed by atoms with E-state index in [0.717, 1.165) is 5.56 Å². The van der Waals surface area contributed by atoms with Gasteiger partial charge in [0, 0.05) is 13.2 Å². The molecule has 20 heavy (non-hydrogen) atoms. The molecule has 0 spiro atoms. The van der Waals surface area contributed by atoms with Gasteiger partial charge >= 0.3 is 6.09 Å². The third-order valence-corrected chi connectivity index (χ3v) is 3.17. The van der Waals surface area contributed by atoms with E-state index >= 15 is 0 Å². The summed E-state index contributed by atoms with van der Waals surface area (Å²) >= 11 is 3.14. The van der Waals surface area contributed by atoms with Crippen molar-refractivity contribution in [3.8, 4) is 0 Å². The number of benzene rings is 1. The lowest BCUT2D eigenvalue weighted by atomic mass is 10.2. The Hall–Kier alpha value is -2.08. The van der Waals surface area contributed by atoms with Crippen molar-refractivity contribution in [3.63, 3.8) is 0 Å². The van der Waals surface area contributed by atoms with E-state index < -0.39 is 6.09 Å². The number of ether oxygens (including phenoxy) is 1.